The minimum atomic E-state index is 0.0604. The van der Waals surface area contributed by atoms with Crippen LogP contribution in [0.3, 0.4) is 0 Å². The van der Waals surface area contributed by atoms with Crippen LogP contribution in [0.5, 0.6) is 0 Å². The van der Waals surface area contributed by atoms with Crippen LogP contribution in [0.2, 0.25) is 0 Å². The van der Waals surface area contributed by atoms with E-state index in [1.807, 2.05) is 18.2 Å². The third-order valence-corrected chi connectivity index (χ3v) is 5.26. The van der Waals surface area contributed by atoms with Gasteiger partial charge in [-0.05, 0) is 35.6 Å². The van der Waals surface area contributed by atoms with Gasteiger partial charge in [0.1, 0.15) is 0 Å². The number of carbonyl (C=O) groups excluding carboxylic acids is 1. The standard InChI is InChI=1S/C16H16BrNOS/c1-16(2)8-14-12(15(19)18-9-16)7-13(20-14)10-3-5-11(17)6-4-10/h3-7H,8-9H2,1-2H3,(H,18,19). The second kappa shape index (κ2) is 5.01. The lowest BCUT2D eigenvalue weighted by molar-refractivity contribution is 0.0945. The van der Waals surface area contributed by atoms with E-state index in [-0.39, 0.29) is 11.3 Å². The van der Waals surface area contributed by atoms with Crippen LogP contribution in [-0.4, -0.2) is 12.5 Å². The fraction of sp³-hybridized carbons (Fsp3) is 0.312. The molecule has 0 atom stereocenters. The van der Waals surface area contributed by atoms with E-state index in [4.69, 9.17) is 0 Å². The highest BCUT2D eigenvalue weighted by Gasteiger charge is 2.28. The summed E-state index contributed by atoms with van der Waals surface area (Å²) in [6.07, 6.45) is 0.947. The molecule has 0 aliphatic carbocycles. The van der Waals surface area contributed by atoms with Crippen molar-refractivity contribution in [3.63, 3.8) is 0 Å². The van der Waals surface area contributed by atoms with Gasteiger partial charge in [-0.1, -0.05) is 41.9 Å². The van der Waals surface area contributed by atoms with Crippen LogP contribution < -0.4 is 5.32 Å². The Labute approximate surface area is 131 Å². The third kappa shape index (κ3) is 2.67. The summed E-state index contributed by atoms with van der Waals surface area (Å²) in [5.74, 6) is 0.0604. The smallest absolute Gasteiger partial charge is 0.252 e. The molecule has 0 fully saturated rings. The van der Waals surface area contributed by atoms with Gasteiger partial charge in [-0.3, -0.25) is 4.79 Å². The molecule has 1 N–H and O–H groups in total. The lowest BCUT2D eigenvalue weighted by atomic mass is 9.89. The maximum Gasteiger partial charge on any atom is 0.252 e. The SMILES string of the molecule is CC1(C)CNC(=O)c2cc(-c3ccc(Br)cc3)sc2C1. The zero-order valence-corrected chi connectivity index (χ0v) is 13.9. The molecular formula is C16H16BrNOS. The van der Waals surface area contributed by atoms with E-state index in [9.17, 15) is 4.79 Å². The quantitative estimate of drug-likeness (QED) is 0.807. The molecule has 1 amide bonds. The van der Waals surface area contributed by atoms with Crippen molar-refractivity contribution in [2.24, 2.45) is 5.41 Å². The Morgan fingerprint density at radius 2 is 1.95 bits per heavy atom. The molecule has 1 aromatic heterocycles. The minimum absolute atomic E-state index is 0.0604. The van der Waals surface area contributed by atoms with Gasteiger partial charge in [-0.15, -0.1) is 11.3 Å². The minimum Gasteiger partial charge on any atom is -0.351 e. The Balaban J connectivity index is 2.03. The normalized spacial score (nSPS) is 17.2. The van der Waals surface area contributed by atoms with Crippen molar-refractivity contribution in [3.05, 3.63) is 45.2 Å². The molecule has 2 aromatic rings. The number of carbonyl (C=O) groups is 1. The summed E-state index contributed by atoms with van der Waals surface area (Å²) in [6.45, 7) is 5.13. The zero-order chi connectivity index (χ0) is 14.3. The Kier molecular flexibility index (Phi) is 3.46. The van der Waals surface area contributed by atoms with Gasteiger partial charge in [0, 0.05) is 20.8 Å². The van der Waals surface area contributed by atoms with E-state index < -0.39 is 0 Å². The van der Waals surface area contributed by atoms with Gasteiger partial charge in [-0.25, -0.2) is 0 Å². The highest BCUT2D eigenvalue weighted by Crippen LogP contribution is 2.37. The Bertz CT molecular complexity index is 658. The average molecular weight is 350 g/mol. The molecule has 0 radical (unpaired) electrons. The molecule has 0 saturated heterocycles. The molecule has 3 rings (SSSR count). The fourth-order valence-electron chi connectivity index (χ4n) is 2.42. The van der Waals surface area contributed by atoms with Crippen molar-refractivity contribution in [2.45, 2.75) is 20.3 Å². The van der Waals surface area contributed by atoms with Crippen LogP contribution in [0.4, 0.5) is 0 Å². The largest absolute Gasteiger partial charge is 0.351 e. The number of fused-ring (bicyclic) bond motifs is 1. The van der Waals surface area contributed by atoms with Gasteiger partial charge in [0.25, 0.3) is 5.91 Å². The first-order chi connectivity index (χ1) is 9.44. The van der Waals surface area contributed by atoms with Crippen LogP contribution >= 0.6 is 27.3 Å². The summed E-state index contributed by atoms with van der Waals surface area (Å²) in [6, 6.07) is 10.3. The van der Waals surface area contributed by atoms with Crippen LogP contribution in [0.25, 0.3) is 10.4 Å². The van der Waals surface area contributed by atoms with Crippen LogP contribution in [-0.2, 0) is 6.42 Å². The number of hydrogen-bond donors (Lipinski definition) is 1. The van der Waals surface area contributed by atoms with E-state index in [0.717, 1.165) is 33.4 Å². The molecular weight excluding hydrogens is 334 g/mol. The molecule has 2 heterocycles. The van der Waals surface area contributed by atoms with Crippen LogP contribution in [0.15, 0.2) is 34.8 Å². The van der Waals surface area contributed by atoms with Crippen molar-refractivity contribution >= 4 is 33.2 Å². The molecule has 0 saturated carbocycles. The Hall–Kier alpha value is -1.13. The maximum atomic E-state index is 12.2. The van der Waals surface area contributed by atoms with Crippen LogP contribution in [0, 0.1) is 5.41 Å². The molecule has 4 heteroatoms. The predicted octanol–water partition coefficient (Wildman–Crippen LogP) is 4.49. The molecule has 1 aromatic carbocycles. The van der Waals surface area contributed by atoms with Crippen molar-refractivity contribution in [1.29, 1.82) is 0 Å². The van der Waals surface area contributed by atoms with E-state index in [2.05, 4.69) is 47.2 Å². The molecule has 0 unspecified atom stereocenters. The van der Waals surface area contributed by atoms with Gasteiger partial charge in [0.2, 0.25) is 0 Å². The molecule has 2 nitrogen and oxygen atoms in total. The summed E-state index contributed by atoms with van der Waals surface area (Å²) in [4.78, 5) is 14.5. The molecule has 20 heavy (non-hydrogen) atoms. The number of nitrogens with one attached hydrogen (secondary N) is 1. The summed E-state index contributed by atoms with van der Waals surface area (Å²) in [5.41, 5.74) is 2.12. The summed E-state index contributed by atoms with van der Waals surface area (Å²) >= 11 is 5.19. The van der Waals surface area contributed by atoms with Crippen LogP contribution in [0.1, 0.15) is 29.1 Å². The molecule has 0 bridgehead atoms. The lowest BCUT2D eigenvalue weighted by Crippen LogP contribution is -2.31. The first-order valence-corrected chi connectivity index (χ1v) is 8.22. The molecule has 1 aliphatic rings. The second-order valence-electron chi connectivity index (χ2n) is 5.98. The number of hydrogen-bond acceptors (Lipinski definition) is 2. The first-order valence-electron chi connectivity index (χ1n) is 6.61. The third-order valence-electron chi connectivity index (χ3n) is 3.55. The van der Waals surface area contributed by atoms with Gasteiger partial charge in [0.15, 0.2) is 0 Å². The zero-order valence-electron chi connectivity index (χ0n) is 11.5. The van der Waals surface area contributed by atoms with Crippen molar-refractivity contribution < 1.29 is 4.79 Å². The first kappa shape index (κ1) is 13.8. The van der Waals surface area contributed by atoms with Gasteiger partial charge in [0.05, 0.1) is 5.56 Å². The summed E-state index contributed by atoms with van der Waals surface area (Å²) in [7, 11) is 0. The maximum absolute atomic E-state index is 12.2. The van der Waals surface area contributed by atoms with Gasteiger partial charge in [-0.2, -0.15) is 0 Å². The lowest BCUT2D eigenvalue weighted by Gasteiger charge is -2.21. The van der Waals surface area contributed by atoms with E-state index in [1.165, 1.54) is 4.88 Å². The molecule has 1 aliphatic heterocycles. The van der Waals surface area contributed by atoms with E-state index in [0.29, 0.717) is 0 Å². The van der Waals surface area contributed by atoms with E-state index in [1.54, 1.807) is 11.3 Å². The van der Waals surface area contributed by atoms with Gasteiger partial charge >= 0.3 is 0 Å². The predicted molar refractivity (Wildman–Crippen MR) is 87.3 cm³/mol. The number of thiophene rings is 1. The Morgan fingerprint density at radius 3 is 2.65 bits per heavy atom. The molecule has 0 spiro atoms. The summed E-state index contributed by atoms with van der Waals surface area (Å²) < 4.78 is 1.07. The number of amides is 1. The van der Waals surface area contributed by atoms with Crippen molar-refractivity contribution in [2.75, 3.05) is 6.54 Å². The molecule has 104 valence electrons. The van der Waals surface area contributed by atoms with Gasteiger partial charge < -0.3 is 5.32 Å². The summed E-state index contributed by atoms with van der Waals surface area (Å²) in [5, 5.41) is 3.03. The average Bonchev–Trinajstić information content (AvgIpc) is 2.76. The number of halogens is 1. The monoisotopic (exact) mass is 349 g/mol. The topological polar surface area (TPSA) is 29.1 Å². The number of rotatable bonds is 1. The highest BCUT2D eigenvalue weighted by atomic mass is 79.9. The fourth-order valence-corrected chi connectivity index (χ4v) is 4.11. The van der Waals surface area contributed by atoms with E-state index >= 15 is 0 Å². The Morgan fingerprint density at radius 1 is 1.25 bits per heavy atom. The van der Waals surface area contributed by atoms with Crippen molar-refractivity contribution in [3.8, 4) is 10.4 Å². The highest BCUT2D eigenvalue weighted by molar-refractivity contribution is 9.10. The van der Waals surface area contributed by atoms with Crippen molar-refractivity contribution in [1.82, 2.24) is 5.32 Å². The number of benzene rings is 1. The second-order valence-corrected chi connectivity index (χ2v) is 8.03.